The van der Waals surface area contributed by atoms with Crippen LogP contribution >= 0.6 is 0 Å². The van der Waals surface area contributed by atoms with Crippen molar-refractivity contribution in [2.45, 2.75) is 44.8 Å². The van der Waals surface area contributed by atoms with Crippen LogP contribution in [-0.4, -0.2) is 32.8 Å². The summed E-state index contributed by atoms with van der Waals surface area (Å²) in [6.45, 7) is 3.68. The van der Waals surface area contributed by atoms with Crippen LogP contribution in [-0.2, 0) is 13.1 Å². The smallest absolute Gasteiger partial charge is 0.222 e. The highest BCUT2D eigenvalue weighted by atomic mass is 15.3. The quantitative estimate of drug-likeness (QED) is 0.858. The monoisotopic (exact) mass is 301 g/mol. The van der Waals surface area contributed by atoms with Gasteiger partial charge in [0.2, 0.25) is 5.95 Å². The first-order valence-electron chi connectivity index (χ1n) is 7.67. The Labute approximate surface area is 130 Å². The molecule has 1 aliphatic carbocycles. The third-order valence-corrected chi connectivity index (χ3v) is 4.16. The number of hydrogen-bond acceptors (Lipinski definition) is 6. The topological polar surface area (TPSA) is 98.9 Å². The SMILES string of the molecule is CCn1cc(CN(C)c2cc(C3CC(N)C3)nc(N)n2)cn1. The maximum Gasteiger partial charge on any atom is 0.222 e. The van der Waals surface area contributed by atoms with E-state index in [4.69, 9.17) is 11.5 Å². The lowest BCUT2D eigenvalue weighted by Gasteiger charge is -2.32. The second-order valence-corrected chi connectivity index (χ2v) is 6.00. The Morgan fingerprint density at radius 3 is 2.77 bits per heavy atom. The summed E-state index contributed by atoms with van der Waals surface area (Å²) in [6.07, 6.45) is 5.88. The van der Waals surface area contributed by atoms with Crippen molar-refractivity contribution in [1.82, 2.24) is 19.7 Å². The molecule has 3 rings (SSSR count). The van der Waals surface area contributed by atoms with Gasteiger partial charge in [-0.1, -0.05) is 0 Å². The third-order valence-electron chi connectivity index (χ3n) is 4.16. The fourth-order valence-corrected chi connectivity index (χ4v) is 2.80. The van der Waals surface area contributed by atoms with Crippen molar-refractivity contribution in [3.05, 3.63) is 29.7 Å². The minimum atomic E-state index is 0.294. The summed E-state index contributed by atoms with van der Waals surface area (Å²) in [4.78, 5) is 10.8. The van der Waals surface area contributed by atoms with Gasteiger partial charge >= 0.3 is 0 Å². The summed E-state index contributed by atoms with van der Waals surface area (Å²) in [5.74, 6) is 1.58. The van der Waals surface area contributed by atoms with Gasteiger partial charge in [-0.15, -0.1) is 0 Å². The zero-order valence-electron chi connectivity index (χ0n) is 13.1. The minimum Gasteiger partial charge on any atom is -0.368 e. The molecule has 0 spiro atoms. The van der Waals surface area contributed by atoms with Crippen LogP contribution in [0.25, 0.3) is 0 Å². The van der Waals surface area contributed by atoms with Crippen molar-refractivity contribution in [2.24, 2.45) is 5.73 Å². The molecular formula is C15H23N7. The second-order valence-electron chi connectivity index (χ2n) is 6.00. The zero-order chi connectivity index (χ0) is 15.7. The molecule has 0 amide bonds. The van der Waals surface area contributed by atoms with Crippen molar-refractivity contribution in [3.63, 3.8) is 0 Å². The number of nitrogen functional groups attached to an aromatic ring is 1. The van der Waals surface area contributed by atoms with Crippen molar-refractivity contribution in [2.75, 3.05) is 17.7 Å². The molecule has 1 aliphatic rings. The van der Waals surface area contributed by atoms with E-state index in [0.29, 0.717) is 17.9 Å². The van der Waals surface area contributed by atoms with Gasteiger partial charge in [0.15, 0.2) is 0 Å². The van der Waals surface area contributed by atoms with Gasteiger partial charge < -0.3 is 16.4 Å². The molecule has 0 radical (unpaired) electrons. The molecule has 0 atom stereocenters. The summed E-state index contributed by atoms with van der Waals surface area (Å²) < 4.78 is 1.92. The Balaban J connectivity index is 1.75. The van der Waals surface area contributed by atoms with Crippen molar-refractivity contribution in [3.8, 4) is 0 Å². The third kappa shape index (κ3) is 3.04. The van der Waals surface area contributed by atoms with Crippen molar-refractivity contribution in [1.29, 1.82) is 0 Å². The van der Waals surface area contributed by atoms with E-state index in [2.05, 4.69) is 26.9 Å². The molecule has 1 saturated carbocycles. The van der Waals surface area contributed by atoms with Gasteiger partial charge in [-0.2, -0.15) is 10.1 Å². The lowest BCUT2D eigenvalue weighted by Crippen LogP contribution is -2.35. The van der Waals surface area contributed by atoms with E-state index in [9.17, 15) is 0 Å². The average Bonchev–Trinajstić information content (AvgIpc) is 2.91. The first kappa shape index (κ1) is 14.8. The normalized spacial score (nSPS) is 20.7. The van der Waals surface area contributed by atoms with Crippen LogP contribution in [0.1, 0.15) is 36.9 Å². The number of rotatable bonds is 5. The Hall–Kier alpha value is -2.15. The molecular weight excluding hydrogens is 278 g/mol. The van der Waals surface area contributed by atoms with E-state index in [0.717, 1.165) is 43.0 Å². The standard InChI is InChI=1S/C15H23N7/c1-3-22-9-10(7-18-22)8-21(2)14-6-13(19-15(17)20-14)11-4-12(16)5-11/h6-7,9,11-12H,3-5,8,16H2,1-2H3,(H2,17,19,20). The van der Waals surface area contributed by atoms with Gasteiger partial charge in [0.1, 0.15) is 5.82 Å². The largest absolute Gasteiger partial charge is 0.368 e. The molecule has 0 unspecified atom stereocenters. The van der Waals surface area contributed by atoms with Gasteiger partial charge in [0, 0.05) is 49.9 Å². The van der Waals surface area contributed by atoms with Crippen molar-refractivity contribution >= 4 is 11.8 Å². The van der Waals surface area contributed by atoms with Crippen LogP contribution < -0.4 is 16.4 Å². The first-order valence-corrected chi connectivity index (χ1v) is 7.67. The Kier molecular flexibility index (Phi) is 3.98. The predicted octanol–water partition coefficient (Wildman–Crippen LogP) is 1.12. The van der Waals surface area contributed by atoms with Crippen LogP contribution in [0, 0.1) is 0 Å². The van der Waals surface area contributed by atoms with E-state index >= 15 is 0 Å². The molecule has 2 heterocycles. The molecule has 7 nitrogen and oxygen atoms in total. The van der Waals surface area contributed by atoms with Crippen LogP contribution in [0.3, 0.4) is 0 Å². The molecule has 0 bridgehead atoms. The number of hydrogen-bond donors (Lipinski definition) is 2. The highest BCUT2D eigenvalue weighted by Crippen LogP contribution is 2.35. The fraction of sp³-hybridized carbons (Fsp3) is 0.533. The molecule has 118 valence electrons. The summed E-state index contributed by atoms with van der Waals surface area (Å²) >= 11 is 0. The van der Waals surface area contributed by atoms with E-state index < -0.39 is 0 Å². The molecule has 1 fully saturated rings. The van der Waals surface area contributed by atoms with E-state index in [1.54, 1.807) is 0 Å². The van der Waals surface area contributed by atoms with Gasteiger partial charge in [-0.05, 0) is 19.8 Å². The fourth-order valence-electron chi connectivity index (χ4n) is 2.80. The zero-order valence-corrected chi connectivity index (χ0v) is 13.1. The van der Waals surface area contributed by atoms with Gasteiger partial charge in [-0.3, -0.25) is 4.68 Å². The Morgan fingerprint density at radius 2 is 2.14 bits per heavy atom. The lowest BCUT2D eigenvalue weighted by molar-refractivity contribution is 0.345. The molecule has 0 saturated heterocycles. The van der Waals surface area contributed by atoms with E-state index in [1.165, 1.54) is 0 Å². The van der Waals surface area contributed by atoms with Gasteiger partial charge in [0.05, 0.1) is 11.9 Å². The van der Waals surface area contributed by atoms with E-state index in [1.807, 2.05) is 30.2 Å². The number of nitrogens with zero attached hydrogens (tertiary/aromatic N) is 5. The number of anilines is 2. The molecule has 22 heavy (non-hydrogen) atoms. The molecule has 7 heteroatoms. The summed E-state index contributed by atoms with van der Waals surface area (Å²) in [5.41, 5.74) is 13.9. The minimum absolute atomic E-state index is 0.294. The number of aryl methyl sites for hydroxylation is 1. The predicted molar refractivity (Wildman–Crippen MR) is 86.4 cm³/mol. The first-order chi connectivity index (χ1) is 10.5. The second kappa shape index (κ2) is 5.92. The molecule has 4 N–H and O–H groups in total. The summed E-state index contributed by atoms with van der Waals surface area (Å²) in [5, 5.41) is 4.29. The van der Waals surface area contributed by atoms with Gasteiger partial charge in [0.25, 0.3) is 0 Å². The van der Waals surface area contributed by atoms with Crippen molar-refractivity contribution < 1.29 is 0 Å². The van der Waals surface area contributed by atoms with Crippen LogP contribution in [0.5, 0.6) is 0 Å². The van der Waals surface area contributed by atoms with Crippen LogP contribution in [0.15, 0.2) is 18.5 Å². The molecule has 0 aromatic carbocycles. The maximum atomic E-state index is 5.87. The summed E-state index contributed by atoms with van der Waals surface area (Å²) in [6, 6.07) is 2.32. The van der Waals surface area contributed by atoms with Gasteiger partial charge in [-0.25, -0.2) is 4.98 Å². The number of aromatic nitrogens is 4. The summed E-state index contributed by atoms with van der Waals surface area (Å²) in [7, 11) is 2.00. The molecule has 2 aromatic rings. The Morgan fingerprint density at radius 1 is 1.36 bits per heavy atom. The molecule has 0 aliphatic heterocycles. The highest BCUT2D eigenvalue weighted by molar-refractivity contribution is 5.44. The number of nitrogens with two attached hydrogens (primary N) is 2. The van der Waals surface area contributed by atoms with Crippen LogP contribution in [0.2, 0.25) is 0 Å². The Bertz CT molecular complexity index is 645. The lowest BCUT2D eigenvalue weighted by atomic mass is 9.78. The maximum absolute atomic E-state index is 5.87. The van der Waals surface area contributed by atoms with Crippen LogP contribution in [0.4, 0.5) is 11.8 Å². The van der Waals surface area contributed by atoms with E-state index in [-0.39, 0.29) is 0 Å². The average molecular weight is 301 g/mol. The molecule has 2 aromatic heterocycles. The highest BCUT2D eigenvalue weighted by Gasteiger charge is 2.29.